The van der Waals surface area contributed by atoms with Gasteiger partial charge in [-0.3, -0.25) is 4.79 Å². The zero-order valence-corrected chi connectivity index (χ0v) is 13.2. The number of nitrogens with zero attached hydrogens (tertiary/aromatic N) is 1. The smallest absolute Gasteiger partial charge is 0.255 e. The van der Waals surface area contributed by atoms with Gasteiger partial charge >= 0.3 is 0 Å². The third-order valence-corrected chi connectivity index (χ3v) is 5.50. The van der Waals surface area contributed by atoms with Gasteiger partial charge in [0, 0.05) is 13.1 Å². The highest BCUT2D eigenvalue weighted by atomic mass is 32.2. The van der Waals surface area contributed by atoms with Crippen molar-refractivity contribution in [3.05, 3.63) is 29.8 Å². The third kappa shape index (κ3) is 3.44. The molecule has 0 saturated carbocycles. The second-order valence-corrected chi connectivity index (χ2v) is 7.30. The molecule has 1 fully saturated rings. The summed E-state index contributed by atoms with van der Waals surface area (Å²) in [4.78, 5) is 14.5. The Hall–Kier alpha value is -1.40. The number of amides is 1. The van der Waals surface area contributed by atoms with Crippen LogP contribution in [0.4, 0.5) is 0 Å². The maximum absolute atomic E-state index is 12.7. The molecule has 1 atom stereocenters. The molecule has 0 aromatic heterocycles. The topological polar surface area (TPSA) is 63.7 Å². The molecule has 1 aliphatic heterocycles. The highest BCUT2D eigenvalue weighted by Gasteiger charge is 2.28. The van der Waals surface area contributed by atoms with E-state index in [1.165, 1.54) is 6.07 Å². The van der Waals surface area contributed by atoms with Crippen molar-refractivity contribution in [3.63, 3.8) is 0 Å². The summed E-state index contributed by atoms with van der Waals surface area (Å²) < 4.78 is 29.8. The van der Waals surface area contributed by atoms with Crippen LogP contribution in [0.3, 0.4) is 0 Å². The lowest BCUT2D eigenvalue weighted by Crippen LogP contribution is -2.45. The summed E-state index contributed by atoms with van der Waals surface area (Å²) in [5, 5.41) is 0. The van der Waals surface area contributed by atoms with Gasteiger partial charge in [0.15, 0.2) is 9.84 Å². The minimum atomic E-state index is -3.41. The lowest BCUT2D eigenvalue weighted by molar-refractivity contribution is -0.0227. The molecule has 0 spiro atoms. The molecule has 21 heavy (non-hydrogen) atoms. The molecule has 1 aromatic rings. The van der Waals surface area contributed by atoms with Gasteiger partial charge in [0.05, 0.1) is 28.9 Å². The Morgan fingerprint density at radius 3 is 2.71 bits per heavy atom. The number of carbonyl (C=O) groups excluding carboxylic acids is 1. The van der Waals surface area contributed by atoms with E-state index in [-0.39, 0.29) is 28.2 Å². The average molecular weight is 311 g/mol. The quantitative estimate of drug-likeness (QED) is 0.849. The molecule has 1 aliphatic rings. The molecule has 1 saturated heterocycles. The molecule has 5 nitrogen and oxygen atoms in total. The summed E-state index contributed by atoms with van der Waals surface area (Å²) in [6.07, 6.45) is 0.858. The van der Waals surface area contributed by atoms with Crippen molar-refractivity contribution in [1.29, 1.82) is 0 Å². The summed E-state index contributed by atoms with van der Waals surface area (Å²) in [5.41, 5.74) is 0.260. The summed E-state index contributed by atoms with van der Waals surface area (Å²) >= 11 is 0. The van der Waals surface area contributed by atoms with E-state index >= 15 is 0 Å². The van der Waals surface area contributed by atoms with Gasteiger partial charge < -0.3 is 9.64 Å². The van der Waals surface area contributed by atoms with Crippen molar-refractivity contribution in [2.24, 2.45) is 0 Å². The first kappa shape index (κ1) is 16.0. The van der Waals surface area contributed by atoms with Crippen LogP contribution in [0, 0.1) is 0 Å². The maximum Gasteiger partial charge on any atom is 0.255 e. The molecule has 0 radical (unpaired) electrons. The van der Waals surface area contributed by atoms with Gasteiger partial charge in [0.25, 0.3) is 5.91 Å². The van der Waals surface area contributed by atoms with Crippen LogP contribution in [0.1, 0.15) is 30.6 Å². The number of rotatable bonds is 4. The van der Waals surface area contributed by atoms with Crippen LogP contribution in [0.25, 0.3) is 0 Å². The molecule has 1 unspecified atom stereocenters. The van der Waals surface area contributed by atoms with Crippen LogP contribution in [-0.4, -0.2) is 50.8 Å². The van der Waals surface area contributed by atoms with Crippen LogP contribution in [0.15, 0.2) is 29.2 Å². The number of benzene rings is 1. The minimum absolute atomic E-state index is 0.0159. The molecule has 1 aromatic carbocycles. The van der Waals surface area contributed by atoms with Gasteiger partial charge in [-0.2, -0.15) is 0 Å². The van der Waals surface area contributed by atoms with E-state index in [1.54, 1.807) is 30.0 Å². The van der Waals surface area contributed by atoms with Gasteiger partial charge in [0.2, 0.25) is 0 Å². The highest BCUT2D eigenvalue weighted by Crippen LogP contribution is 2.20. The van der Waals surface area contributed by atoms with E-state index in [2.05, 4.69) is 0 Å². The van der Waals surface area contributed by atoms with E-state index in [4.69, 9.17) is 4.74 Å². The Kier molecular flexibility index (Phi) is 5.00. The van der Waals surface area contributed by atoms with Crippen LogP contribution in [0.5, 0.6) is 0 Å². The molecule has 1 heterocycles. The highest BCUT2D eigenvalue weighted by molar-refractivity contribution is 7.91. The van der Waals surface area contributed by atoms with E-state index in [0.717, 1.165) is 6.42 Å². The Morgan fingerprint density at radius 1 is 1.33 bits per heavy atom. The van der Waals surface area contributed by atoms with Gasteiger partial charge in [-0.25, -0.2) is 8.42 Å². The Bertz CT molecular complexity index is 612. The standard InChI is InChI=1S/C15H21NO4S/c1-3-12-11-16(9-10-20-12)15(17)13-7-5-6-8-14(13)21(18,19)4-2/h5-8,12H,3-4,9-11H2,1-2H3. The summed E-state index contributed by atoms with van der Waals surface area (Å²) in [6, 6.07) is 6.43. The fraction of sp³-hybridized carbons (Fsp3) is 0.533. The third-order valence-electron chi connectivity index (χ3n) is 3.71. The maximum atomic E-state index is 12.7. The largest absolute Gasteiger partial charge is 0.375 e. The summed E-state index contributed by atoms with van der Waals surface area (Å²) in [7, 11) is -3.41. The summed E-state index contributed by atoms with van der Waals surface area (Å²) in [6.45, 7) is 5.09. The van der Waals surface area contributed by atoms with Crippen molar-refractivity contribution in [1.82, 2.24) is 4.90 Å². The first-order valence-corrected chi connectivity index (χ1v) is 8.87. The van der Waals surface area contributed by atoms with Crippen molar-refractivity contribution >= 4 is 15.7 Å². The second kappa shape index (κ2) is 6.58. The monoisotopic (exact) mass is 311 g/mol. The van der Waals surface area contributed by atoms with Crippen LogP contribution in [0.2, 0.25) is 0 Å². The van der Waals surface area contributed by atoms with E-state index in [1.807, 2.05) is 6.92 Å². The second-order valence-electron chi connectivity index (χ2n) is 5.05. The van der Waals surface area contributed by atoms with Gasteiger partial charge in [-0.1, -0.05) is 26.0 Å². The molecule has 0 N–H and O–H groups in total. The van der Waals surface area contributed by atoms with E-state index < -0.39 is 9.84 Å². The van der Waals surface area contributed by atoms with Gasteiger partial charge in [0.1, 0.15) is 0 Å². The lowest BCUT2D eigenvalue weighted by Gasteiger charge is -2.32. The SMILES string of the molecule is CCC1CN(C(=O)c2ccccc2S(=O)(=O)CC)CCO1. The molecule has 6 heteroatoms. The number of hydrogen-bond donors (Lipinski definition) is 0. The number of morpholine rings is 1. The predicted octanol–water partition coefficient (Wildman–Crippen LogP) is 1.73. The van der Waals surface area contributed by atoms with Crippen LogP contribution in [-0.2, 0) is 14.6 Å². The van der Waals surface area contributed by atoms with Crippen molar-refractivity contribution < 1.29 is 17.9 Å². The zero-order chi connectivity index (χ0) is 15.5. The lowest BCUT2D eigenvalue weighted by atomic mass is 10.1. The van der Waals surface area contributed by atoms with E-state index in [0.29, 0.717) is 19.7 Å². The normalized spacial score (nSPS) is 19.5. The number of ether oxygens (including phenoxy) is 1. The van der Waals surface area contributed by atoms with Crippen LogP contribution < -0.4 is 0 Å². The zero-order valence-electron chi connectivity index (χ0n) is 12.4. The number of sulfone groups is 1. The van der Waals surface area contributed by atoms with Crippen molar-refractivity contribution in [3.8, 4) is 0 Å². The molecule has 116 valence electrons. The fourth-order valence-electron chi connectivity index (χ4n) is 2.39. The summed E-state index contributed by atoms with van der Waals surface area (Å²) in [5.74, 6) is -0.248. The number of carbonyl (C=O) groups is 1. The molecular weight excluding hydrogens is 290 g/mol. The average Bonchev–Trinajstić information content (AvgIpc) is 2.54. The molecule has 1 amide bonds. The van der Waals surface area contributed by atoms with Crippen LogP contribution >= 0.6 is 0 Å². The Morgan fingerprint density at radius 2 is 2.05 bits per heavy atom. The molecule has 2 rings (SSSR count). The van der Waals surface area contributed by atoms with E-state index in [9.17, 15) is 13.2 Å². The van der Waals surface area contributed by atoms with Gasteiger partial charge in [-0.15, -0.1) is 0 Å². The predicted molar refractivity (Wildman–Crippen MR) is 80.1 cm³/mol. The fourth-order valence-corrected chi connectivity index (χ4v) is 3.48. The van der Waals surface area contributed by atoms with Crippen molar-refractivity contribution in [2.75, 3.05) is 25.4 Å². The first-order valence-electron chi connectivity index (χ1n) is 7.22. The molecule has 0 aliphatic carbocycles. The van der Waals surface area contributed by atoms with Gasteiger partial charge in [-0.05, 0) is 18.6 Å². The minimum Gasteiger partial charge on any atom is -0.375 e. The molecular formula is C15H21NO4S. The Balaban J connectivity index is 2.32. The van der Waals surface area contributed by atoms with Crippen molar-refractivity contribution in [2.45, 2.75) is 31.3 Å². The Labute approximate surface area is 125 Å². The first-order chi connectivity index (χ1) is 9.99. The number of hydrogen-bond acceptors (Lipinski definition) is 4. The molecule has 0 bridgehead atoms.